The summed E-state index contributed by atoms with van der Waals surface area (Å²) in [6, 6.07) is 5.44. The van der Waals surface area contributed by atoms with Gasteiger partial charge in [0.1, 0.15) is 6.61 Å². The Morgan fingerprint density at radius 2 is 2.19 bits per heavy atom. The number of hydrogen-bond donors (Lipinski definition) is 2. The second kappa shape index (κ2) is 8.98. The number of rotatable bonds is 7. The molecular formula is C17H22ClN5O3. The highest BCUT2D eigenvalue weighted by atomic mass is 35.5. The molecule has 0 atom stereocenters. The molecule has 1 fully saturated rings. The molecule has 9 heteroatoms. The van der Waals surface area contributed by atoms with E-state index in [4.69, 9.17) is 21.1 Å². The maximum absolute atomic E-state index is 12.5. The van der Waals surface area contributed by atoms with Crippen LogP contribution in [-0.2, 0) is 4.74 Å². The van der Waals surface area contributed by atoms with E-state index in [1.165, 1.54) is 0 Å². The van der Waals surface area contributed by atoms with Gasteiger partial charge < -0.3 is 20.1 Å². The summed E-state index contributed by atoms with van der Waals surface area (Å²) in [6.45, 7) is 2.63. The van der Waals surface area contributed by atoms with Crippen LogP contribution in [0.2, 0.25) is 5.02 Å². The minimum Gasteiger partial charge on any atom is -0.487 e. The monoisotopic (exact) mass is 379 g/mol. The molecule has 2 heterocycles. The van der Waals surface area contributed by atoms with E-state index in [-0.39, 0.29) is 17.6 Å². The third kappa shape index (κ3) is 4.51. The van der Waals surface area contributed by atoms with E-state index in [1.54, 1.807) is 36.2 Å². The summed E-state index contributed by atoms with van der Waals surface area (Å²) in [5, 5.41) is 14.6. The Morgan fingerprint density at radius 3 is 2.96 bits per heavy atom. The number of nitrogens with zero attached hydrogens (tertiary/aromatic N) is 3. The number of carbonyl (C=O) groups excluding carboxylic acids is 1. The molecule has 3 rings (SSSR count). The summed E-state index contributed by atoms with van der Waals surface area (Å²) in [5.74, 6) is 0.0503. The van der Waals surface area contributed by atoms with Crippen LogP contribution in [0.1, 0.15) is 29.4 Å². The van der Waals surface area contributed by atoms with Crippen LogP contribution in [0, 0.1) is 0 Å². The van der Waals surface area contributed by atoms with Crippen molar-refractivity contribution in [2.45, 2.75) is 18.9 Å². The normalized spacial score (nSPS) is 15.0. The van der Waals surface area contributed by atoms with Gasteiger partial charge in [0.15, 0.2) is 11.4 Å². The first-order valence-electron chi connectivity index (χ1n) is 8.53. The van der Waals surface area contributed by atoms with Crippen molar-refractivity contribution in [2.24, 2.45) is 0 Å². The molecule has 1 saturated heterocycles. The van der Waals surface area contributed by atoms with Crippen molar-refractivity contribution >= 4 is 23.2 Å². The highest BCUT2D eigenvalue weighted by Gasteiger charge is 2.20. The topological polar surface area (TPSA) is 90.3 Å². The average Bonchev–Trinajstić information content (AvgIpc) is 3.15. The van der Waals surface area contributed by atoms with Crippen molar-refractivity contribution < 1.29 is 14.3 Å². The number of para-hydroxylation sites is 1. The summed E-state index contributed by atoms with van der Waals surface area (Å²) in [5.41, 5.74) is 0.737. The average molecular weight is 380 g/mol. The Kier molecular flexibility index (Phi) is 6.43. The number of hydrogen-bond acceptors (Lipinski definition) is 6. The summed E-state index contributed by atoms with van der Waals surface area (Å²) in [6.07, 6.45) is 3.62. The lowest BCUT2D eigenvalue weighted by Crippen LogP contribution is -2.29. The Hall–Kier alpha value is -2.16. The molecule has 8 nitrogen and oxygen atoms in total. The number of nitrogens with one attached hydrogen (secondary N) is 2. The molecule has 26 heavy (non-hydrogen) atoms. The largest absolute Gasteiger partial charge is 0.487 e. The predicted octanol–water partition coefficient (Wildman–Crippen LogP) is 2.13. The third-order valence-electron chi connectivity index (χ3n) is 4.17. The van der Waals surface area contributed by atoms with Gasteiger partial charge in [0.05, 0.1) is 29.6 Å². The van der Waals surface area contributed by atoms with E-state index < -0.39 is 0 Å². The summed E-state index contributed by atoms with van der Waals surface area (Å²) in [7, 11) is 1.59. The zero-order valence-electron chi connectivity index (χ0n) is 14.6. The lowest BCUT2D eigenvalue weighted by Gasteiger charge is -2.22. The lowest BCUT2D eigenvalue weighted by atomic mass is 10.1. The fraction of sp³-hybridized carbons (Fsp3) is 0.471. The number of aromatic nitrogens is 3. The molecule has 1 amide bonds. The SMILES string of the molecule is COCCOc1c(Cl)cccc1NC(=O)c1cn(C2CCNCC2)nn1. The third-order valence-corrected chi connectivity index (χ3v) is 4.47. The zero-order chi connectivity index (χ0) is 18.4. The molecule has 0 unspecified atom stereocenters. The van der Waals surface area contributed by atoms with Gasteiger partial charge in [0.2, 0.25) is 0 Å². The van der Waals surface area contributed by atoms with Gasteiger partial charge in [-0.1, -0.05) is 22.9 Å². The molecule has 0 saturated carbocycles. The van der Waals surface area contributed by atoms with Gasteiger partial charge in [-0.05, 0) is 38.1 Å². The Balaban J connectivity index is 1.70. The van der Waals surface area contributed by atoms with E-state index in [9.17, 15) is 4.79 Å². The second-order valence-electron chi connectivity index (χ2n) is 5.98. The van der Waals surface area contributed by atoms with Gasteiger partial charge in [-0.2, -0.15) is 0 Å². The Labute approximate surface area is 156 Å². The standard InChI is InChI=1S/C17H22ClN5O3/c1-25-9-10-26-16-13(18)3-2-4-14(16)20-17(24)15-11-23(22-21-15)12-5-7-19-8-6-12/h2-4,11-12,19H,5-10H2,1H3,(H,20,24). The van der Waals surface area contributed by atoms with Gasteiger partial charge in [0, 0.05) is 7.11 Å². The van der Waals surface area contributed by atoms with Gasteiger partial charge in [-0.25, -0.2) is 4.68 Å². The van der Waals surface area contributed by atoms with Crippen LogP contribution >= 0.6 is 11.6 Å². The van der Waals surface area contributed by atoms with E-state index >= 15 is 0 Å². The first-order valence-corrected chi connectivity index (χ1v) is 8.91. The van der Waals surface area contributed by atoms with Crippen molar-refractivity contribution in [1.29, 1.82) is 0 Å². The molecule has 140 valence electrons. The van der Waals surface area contributed by atoms with Crippen LogP contribution in [0.4, 0.5) is 5.69 Å². The number of anilines is 1. The second-order valence-corrected chi connectivity index (χ2v) is 6.38. The molecule has 1 aromatic carbocycles. The molecule has 0 aliphatic carbocycles. The minimum atomic E-state index is -0.357. The molecule has 0 bridgehead atoms. The van der Waals surface area contributed by atoms with Crippen LogP contribution in [0.15, 0.2) is 24.4 Å². The van der Waals surface area contributed by atoms with Crippen LogP contribution in [0.5, 0.6) is 5.75 Å². The van der Waals surface area contributed by atoms with Crippen LogP contribution < -0.4 is 15.4 Å². The minimum absolute atomic E-state index is 0.256. The number of halogens is 1. The summed E-state index contributed by atoms with van der Waals surface area (Å²) >= 11 is 6.19. The highest BCUT2D eigenvalue weighted by molar-refractivity contribution is 6.32. The molecule has 2 aromatic rings. The van der Waals surface area contributed by atoms with Gasteiger partial charge in [0.25, 0.3) is 5.91 Å². The zero-order valence-corrected chi connectivity index (χ0v) is 15.3. The van der Waals surface area contributed by atoms with Crippen molar-refractivity contribution in [2.75, 3.05) is 38.7 Å². The maximum atomic E-state index is 12.5. The van der Waals surface area contributed by atoms with Crippen molar-refractivity contribution in [3.05, 3.63) is 35.1 Å². The van der Waals surface area contributed by atoms with E-state index in [0.29, 0.717) is 29.7 Å². The van der Waals surface area contributed by atoms with Gasteiger partial charge in [-0.3, -0.25) is 4.79 Å². The van der Waals surface area contributed by atoms with Crippen molar-refractivity contribution in [3.63, 3.8) is 0 Å². The smallest absolute Gasteiger partial charge is 0.277 e. The van der Waals surface area contributed by atoms with Gasteiger partial charge >= 0.3 is 0 Å². The fourth-order valence-corrected chi connectivity index (χ4v) is 3.03. The van der Waals surface area contributed by atoms with Crippen LogP contribution in [0.25, 0.3) is 0 Å². The molecular weight excluding hydrogens is 358 g/mol. The molecule has 0 spiro atoms. The van der Waals surface area contributed by atoms with E-state index in [2.05, 4.69) is 20.9 Å². The van der Waals surface area contributed by atoms with E-state index in [0.717, 1.165) is 25.9 Å². The fourth-order valence-electron chi connectivity index (χ4n) is 2.80. The van der Waals surface area contributed by atoms with Crippen molar-refractivity contribution in [1.82, 2.24) is 20.3 Å². The maximum Gasteiger partial charge on any atom is 0.277 e. The highest BCUT2D eigenvalue weighted by Crippen LogP contribution is 2.33. The molecule has 1 aliphatic rings. The molecule has 0 radical (unpaired) electrons. The Bertz CT molecular complexity index is 746. The lowest BCUT2D eigenvalue weighted by molar-refractivity contribution is 0.102. The molecule has 1 aromatic heterocycles. The van der Waals surface area contributed by atoms with E-state index in [1.807, 2.05) is 0 Å². The van der Waals surface area contributed by atoms with Crippen molar-refractivity contribution in [3.8, 4) is 5.75 Å². The van der Waals surface area contributed by atoms with Gasteiger partial charge in [-0.15, -0.1) is 5.10 Å². The van der Waals surface area contributed by atoms with Crippen LogP contribution in [-0.4, -0.2) is 54.3 Å². The number of methoxy groups -OCH3 is 1. The first-order chi connectivity index (χ1) is 12.7. The number of benzene rings is 1. The number of ether oxygens (including phenoxy) is 2. The quantitative estimate of drug-likeness (QED) is 0.716. The predicted molar refractivity (Wildman–Crippen MR) is 97.9 cm³/mol. The number of carbonyl (C=O) groups is 1. The summed E-state index contributed by atoms with van der Waals surface area (Å²) in [4.78, 5) is 12.5. The Morgan fingerprint density at radius 1 is 1.38 bits per heavy atom. The number of piperidine rings is 1. The summed E-state index contributed by atoms with van der Waals surface area (Å²) < 4.78 is 12.4. The first kappa shape index (κ1) is 18.6. The molecule has 1 aliphatic heterocycles. The molecule has 2 N–H and O–H groups in total. The number of amides is 1. The van der Waals surface area contributed by atoms with Crippen LogP contribution in [0.3, 0.4) is 0 Å².